The van der Waals surface area contributed by atoms with Crippen molar-refractivity contribution in [1.82, 2.24) is 5.32 Å². The van der Waals surface area contributed by atoms with E-state index in [4.69, 9.17) is 11.6 Å². The Morgan fingerprint density at radius 2 is 1.88 bits per heavy atom. The molecule has 1 aromatic carbocycles. The minimum absolute atomic E-state index is 0.216. The van der Waals surface area contributed by atoms with Crippen molar-refractivity contribution in [3.05, 3.63) is 34.6 Å². The molecule has 1 N–H and O–H groups in total. The van der Waals surface area contributed by atoms with Gasteiger partial charge in [-0.3, -0.25) is 0 Å². The Morgan fingerprint density at radius 3 is 2.59 bits per heavy atom. The number of benzene rings is 1. The summed E-state index contributed by atoms with van der Waals surface area (Å²) in [6, 6.07) is 5.11. The topological polar surface area (TPSA) is 12.0 Å². The molecule has 1 fully saturated rings. The molecular weight excluding hydrogens is 237 g/mol. The van der Waals surface area contributed by atoms with Crippen molar-refractivity contribution in [2.24, 2.45) is 0 Å². The molecule has 0 bridgehead atoms. The first kappa shape index (κ1) is 12.8. The molecule has 0 aliphatic heterocycles. The summed E-state index contributed by atoms with van der Waals surface area (Å²) in [5.41, 5.74) is 0.857. The molecule has 0 unspecified atom stereocenters. The second kappa shape index (κ2) is 6.36. The molecule has 0 radical (unpaired) electrons. The highest BCUT2D eigenvalue weighted by molar-refractivity contribution is 6.31. The smallest absolute Gasteiger partial charge is 0.123 e. The van der Waals surface area contributed by atoms with Crippen LogP contribution in [-0.2, 0) is 6.54 Å². The zero-order valence-corrected chi connectivity index (χ0v) is 10.8. The summed E-state index contributed by atoms with van der Waals surface area (Å²) in [5, 5.41) is 4.14. The van der Waals surface area contributed by atoms with Crippen LogP contribution >= 0.6 is 11.6 Å². The van der Waals surface area contributed by atoms with E-state index < -0.39 is 0 Å². The van der Waals surface area contributed by atoms with Gasteiger partial charge in [0.25, 0.3) is 0 Å². The molecule has 1 aromatic rings. The van der Waals surface area contributed by atoms with Crippen LogP contribution in [0.25, 0.3) is 0 Å². The lowest BCUT2D eigenvalue weighted by Crippen LogP contribution is -2.28. The van der Waals surface area contributed by atoms with Crippen LogP contribution < -0.4 is 5.32 Å². The Balaban J connectivity index is 1.89. The average Bonchev–Trinajstić information content (AvgIpc) is 2.59. The number of hydrogen-bond donors (Lipinski definition) is 1. The number of rotatable bonds is 3. The minimum Gasteiger partial charge on any atom is -0.310 e. The van der Waals surface area contributed by atoms with Crippen LogP contribution in [0, 0.1) is 5.82 Å². The highest BCUT2D eigenvalue weighted by Crippen LogP contribution is 2.20. The predicted molar refractivity (Wildman–Crippen MR) is 69.7 cm³/mol. The first-order valence-corrected chi connectivity index (χ1v) is 6.81. The first-order chi connectivity index (χ1) is 8.25. The van der Waals surface area contributed by atoms with Gasteiger partial charge in [-0.15, -0.1) is 0 Å². The fourth-order valence-electron chi connectivity index (χ4n) is 2.42. The Kier molecular flexibility index (Phi) is 4.81. The molecule has 0 saturated heterocycles. The van der Waals surface area contributed by atoms with Crippen LogP contribution in [0.5, 0.6) is 0 Å². The summed E-state index contributed by atoms with van der Waals surface area (Å²) >= 11 is 6.04. The Bertz CT molecular complexity index is 359. The van der Waals surface area contributed by atoms with E-state index in [1.807, 2.05) is 0 Å². The van der Waals surface area contributed by atoms with Crippen molar-refractivity contribution in [2.45, 2.75) is 51.1 Å². The molecule has 3 heteroatoms. The van der Waals surface area contributed by atoms with Gasteiger partial charge < -0.3 is 5.32 Å². The summed E-state index contributed by atoms with van der Waals surface area (Å²) in [5.74, 6) is -0.216. The molecule has 1 nitrogen and oxygen atoms in total. The van der Waals surface area contributed by atoms with Gasteiger partial charge in [0.2, 0.25) is 0 Å². The van der Waals surface area contributed by atoms with Gasteiger partial charge in [0.05, 0.1) is 0 Å². The van der Waals surface area contributed by atoms with Gasteiger partial charge >= 0.3 is 0 Å². The van der Waals surface area contributed by atoms with Crippen LogP contribution in [0.2, 0.25) is 5.02 Å². The summed E-state index contributed by atoms with van der Waals surface area (Å²) in [6.45, 7) is 0.668. The minimum atomic E-state index is -0.216. The molecule has 2 rings (SSSR count). The maximum atomic E-state index is 13.1. The van der Waals surface area contributed by atoms with Crippen molar-refractivity contribution in [1.29, 1.82) is 0 Å². The molecular formula is C14H19ClFN. The molecule has 0 spiro atoms. The molecule has 17 heavy (non-hydrogen) atoms. The molecule has 0 aromatic heterocycles. The normalized spacial score (nSPS) is 18.0. The Hall–Kier alpha value is -0.600. The molecule has 94 valence electrons. The highest BCUT2D eigenvalue weighted by Gasteiger charge is 2.12. The summed E-state index contributed by atoms with van der Waals surface area (Å²) < 4.78 is 13.1. The molecule has 0 amide bonds. The van der Waals surface area contributed by atoms with Crippen molar-refractivity contribution >= 4 is 11.6 Å². The van der Waals surface area contributed by atoms with Gasteiger partial charge in [0.15, 0.2) is 0 Å². The third kappa shape index (κ3) is 3.97. The van der Waals surface area contributed by atoms with Crippen molar-refractivity contribution in [3.63, 3.8) is 0 Å². The lowest BCUT2D eigenvalue weighted by atomic mass is 10.1. The fourth-order valence-corrected chi connectivity index (χ4v) is 2.60. The SMILES string of the molecule is Fc1ccc(Cl)c(CNC2CCCCCC2)c1. The molecule has 1 saturated carbocycles. The van der Waals surface area contributed by atoms with Gasteiger partial charge in [0.1, 0.15) is 5.82 Å². The highest BCUT2D eigenvalue weighted by atomic mass is 35.5. The number of halogens is 2. The van der Waals surface area contributed by atoms with E-state index >= 15 is 0 Å². The third-order valence-electron chi connectivity index (χ3n) is 3.44. The van der Waals surface area contributed by atoms with E-state index in [9.17, 15) is 4.39 Å². The second-order valence-electron chi connectivity index (χ2n) is 4.81. The zero-order chi connectivity index (χ0) is 12.1. The van der Waals surface area contributed by atoms with Crippen molar-refractivity contribution < 1.29 is 4.39 Å². The largest absolute Gasteiger partial charge is 0.310 e. The summed E-state index contributed by atoms with van der Waals surface area (Å²) in [7, 11) is 0. The Labute approximate surface area is 107 Å². The van der Waals surface area contributed by atoms with Gasteiger partial charge in [-0.05, 0) is 36.6 Å². The lowest BCUT2D eigenvalue weighted by molar-refractivity contribution is 0.458. The molecule has 0 heterocycles. The first-order valence-electron chi connectivity index (χ1n) is 6.43. The van der Waals surface area contributed by atoms with Crippen LogP contribution in [-0.4, -0.2) is 6.04 Å². The van der Waals surface area contributed by atoms with Gasteiger partial charge in [-0.1, -0.05) is 37.3 Å². The van der Waals surface area contributed by atoms with Crippen LogP contribution in [0.4, 0.5) is 4.39 Å². The maximum Gasteiger partial charge on any atom is 0.123 e. The van der Waals surface area contributed by atoms with E-state index in [0.29, 0.717) is 17.6 Å². The number of nitrogens with one attached hydrogen (secondary N) is 1. The van der Waals surface area contributed by atoms with Crippen LogP contribution in [0.3, 0.4) is 0 Å². The van der Waals surface area contributed by atoms with Crippen LogP contribution in [0.15, 0.2) is 18.2 Å². The maximum absolute atomic E-state index is 13.1. The van der Waals surface area contributed by atoms with E-state index in [0.717, 1.165) is 5.56 Å². The van der Waals surface area contributed by atoms with Gasteiger partial charge in [-0.25, -0.2) is 4.39 Å². The van der Waals surface area contributed by atoms with Gasteiger partial charge in [-0.2, -0.15) is 0 Å². The summed E-state index contributed by atoms with van der Waals surface area (Å²) in [6.07, 6.45) is 7.75. The third-order valence-corrected chi connectivity index (χ3v) is 3.81. The van der Waals surface area contributed by atoms with Crippen molar-refractivity contribution in [2.75, 3.05) is 0 Å². The van der Waals surface area contributed by atoms with Gasteiger partial charge in [0, 0.05) is 17.6 Å². The predicted octanol–water partition coefficient (Wildman–Crippen LogP) is 4.29. The quantitative estimate of drug-likeness (QED) is 0.795. The number of hydrogen-bond acceptors (Lipinski definition) is 1. The molecule has 1 aliphatic carbocycles. The average molecular weight is 256 g/mol. The second-order valence-corrected chi connectivity index (χ2v) is 5.21. The van der Waals surface area contributed by atoms with E-state index in [1.54, 1.807) is 6.07 Å². The van der Waals surface area contributed by atoms with E-state index in [2.05, 4.69) is 5.32 Å². The fraction of sp³-hybridized carbons (Fsp3) is 0.571. The monoisotopic (exact) mass is 255 g/mol. The zero-order valence-electron chi connectivity index (χ0n) is 10.0. The standard InChI is InChI=1S/C14H19ClFN/c15-14-8-7-12(16)9-11(14)10-17-13-5-3-1-2-4-6-13/h7-9,13,17H,1-6,10H2. The van der Waals surface area contributed by atoms with E-state index in [-0.39, 0.29) is 5.82 Å². The lowest BCUT2D eigenvalue weighted by Gasteiger charge is -2.16. The molecule has 0 atom stereocenters. The van der Waals surface area contributed by atoms with Crippen molar-refractivity contribution in [3.8, 4) is 0 Å². The molecule has 1 aliphatic rings. The summed E-state index contributed by atoms with van der Waals surface area (Å²) in [4.78, 5) is 0. The van der Waals surface area contributed by atoms with Crippen LogP contribution in [0.1, 0.15) is 44.1 Å². The van der Waals surface area contributed by atoms with E-state index in [1.165, 1.54) is 50.7 Å². The Morgan fingerprint density at radius 1 is 1.18 bits per heavy atom.